The Morgan fingerprint density at radius 1 is 1.03 bits per heavy atom. The Hall–Kier alpha value is -3.29. The number of oxazole rings is 1. The molecule has 2 unspecified atom stereocenters. The van der Waals surface area contributed by atoms with E-state index in [-0.39, 0.29) is 17.7 Å². The minimum atomic E-state index is -0.500. The van der Waals surface area contributed by atoms with Crippen LogP contribution in [0.25, 0.3) is 22.2 Å². The van der Waals surface area contributed by atoms with Crippen molar-refractivity contribution in [3.8, 4) is 11.1 Å². The van der Waals surface area contributed by atoms with E-state index in [1.807, 2.05) is 12.1 Å². The molecule has 0 aliphatic carbocycles. The molecule has 0 saturated carbocycles. The first-order valence-corrected chi connectivity index (χ1v) is 12.1. The average molecular weight is 478 g/mol. The molecule has 1 aromatic heterocycles. The van der Waals surface area contributed by atoms with E-state index in [9.17, 15) is 9.18 Å². The summed E-state index contributed by atoms with van der Waals surface area (Å²) in [5, 5.41) is 3.61. The van der Waals surface area contributed by atoms with Gasteiger partial charge in [-0.05, 0) is 78.9 Å². The molecule has 0 spiro atoms. The van der Waals surface area contributed by atoms with Crippen LogP contribution in [0.5, 0.6) is 0 Å². The van der Waals surface area contributed by atoms with Gasteiger partial charge in [-0.2, -0.15) is 0 Å². The summed E-state index contributed by atoms with van der Waals surface area (Å²) in [4.78, 5) is 16.5. The molecule has 1 aliphatic heterocycles. The van der Waals surface area contributed by atoms with Crippen molar-refractivity contribution in [2.75, 3.05) is 6.54 Å². The van der Waals surface area contributed by atoms with E-state index in [0.717, 1.165) is 42.5 Å². The average Bonchev–Trinajstić information content (AvgIpc) is 3.51. The second-order valence-corrected chi connectivity index (χ2v) is 9.24. The van der Waals surface area contributed by atoms with E-state index in [0.29, 0.717) is 35.8 Å². The van der Waals surface area contributed by atoms with Gasteiger partial charge in [0.2, 0.25) is 0 Å². The number of hydrogen-bond donors (Lipinski definition) is 2. The first-order chi connectivity index (χ1) is 17.0. The number of nitrogens with zero attached hydrogens (tertiary/aromatic N) is 1. The third-order valence-electron chi connectivity index (χ3n) is 6.92. The molecular weight excluding hydrogens is 448 g/mol. The maximum Gasteiger partial charge on any atom is 0.417 e. The Morgan fingerprint density at radius 3 is 2.54 bits per heavy atom. The number of hydrogen-bond acceptors (Lipinski definition) is 4. The van der Waals surface area contributed by atoms with Crippen LogP contribution in [0.4, 0.5) is 8.78 Å². The van der Waals surface area contributed by atoms with Crippen molar-refractivity contribution in [1.82, 2.24) is 15.2 Å². The number of aromatic nitrogens is 1. The van der Waals surface area contributed by atoms with Crippen molar-refractivity contribution in [2.45, 2.75) is 51.4 Å². The second kappa shape index (κ2) is 10.1. The fraction of sp³-hybridized carbons (Fsp3) is 0.321. The molecule has 4 aromatic rings. The zero-order valence-electron chi connectivity index (χ0n) is 19.7. The van der Waals surface area contributed by atoms with Gasteiger partial charge in [0.05, 0.1) is 5.52 Å². The lowest BCUT2D eigenvalue weighted by molar-refractivity contribution is 0.140. The quantitative estimate of drug-likeness (QED) is 0.347. The fourth-order valence-corrected chi connectivity index (χ4v) is 5.17. The van der Waals surface area contributed by atoms with Crippen LogP contribution in [0, 0.1) is 11.6 Å². The predicted molar refractivity (Wildman–Crippen MR) is 133 cm³/mol. The van der Waals surface area contributed by atoms with Gasteiger partial charge in [0.25, 0.3) is 0 Å². The lowest BCUT2D eigenvalue weighted by atomic mass is 9.98. The molecule has 2 heterocycles. The van der Waals surface area contributed by atoms with E-state index < -0.39 is 5.76 Å². The summed E-state index contributed by atoms with van der Waals surface area (Å²) in [7, 11) is 0. The molecule has 35 heavy (non-hydrogen) atoms. The Labute approximate surface area is 202 Å². The molecule has 5 nitrogen and oxygen atoms in total. The molecule has 0 bridgehead atoms. The van der Waals surface area contributed by atoms with Crippen LogP contribution in [0.3, 0.4) is 0 Å². The molecule has 0 radical (unpaired) electrons. The lowest BCUT2D eigenvalue weighted by Gasteiger charge is -2.35. The highest BCUT2D eigenvalue weighted by molar-refractivity contribution is 5.80. The minimum absolute atomic E-state index is 0.219. The van der Waals surface area contributed by atoms with Crippen molar-refractivity contribution < 1.29 is 13.2 Å². The van der Waals surface area contributed by atoms with Gasteiger partial charge in [-0.3, -0.25) is 9.88 Å². The van der Waals surface area contributed by atoms with Crippen LogP contribution in [-0.2, 0) is 13.1 Å². The highest BCUT2D eigenvalue weighted by Crippen LogP contribution is 2.28. The molecule has 3 aromatic carbocycles. The van der Waals surface area contributed by atoms with Crippen molar-refractivity contribution in [3.05, 3.63) is 94.0 Å². The van der Waals surface area contributed by atoms with Crippen molar-refractivity contribution in [3.63, 3.8) is 0 Å². The van der Waals surface area contributed by atoms with Crippen LogP contribution >= 0.6 is 0 Å². The normalized spacial score (nSPS) is 16.9. The van der Waals surface area contributed by atoms with Crippen LogP contribution in [0.2, 0.25) is 0 Å². The SMILES string of the molecule is CCC(C1CCCN1)N(Cc1ccc(F)cc1)Cc1cc(-c2ccc3[nH]c(=O)oc3c2)ccc1F. The highest BCUT2D eigenvalue weighted by atomic mass is 19.1. The third kappa shape index (κ3) is 5.21. The molecule has 1 saturated heterocycles. The Kier molecular flexibility index (Phi) is 6.79. The molecule has 182 valence electrons. The largest absolute Gasteiger partial charge is 0.417 e. The van der Waals surface area contributed by atoms with Crippen LogP contribution in [-0.4, -0.2) is 28.5 Å². The molecule has 2 N–H and O–H groups in total. The van der Waals surface area contributed by atoms with Gasteiger partial charge < -0.3 is 9.73 Å². The molecule has 1 aliphatic rings. The Balaban J connectivity index is 1.47. The number of aromatic amines is 1. The van der Waals surface area contributed by atoms with Gasteiger partial charge in [-0.15, -0.1) is 0 Å². The van der Waals surface area contributed by atoms with Crippen LogP contribution in [0.1, 0.15) is 37.3 Å². The maximum absolute atomic E-state index is 15.1. The van der Waals surface area contributed by atoms with Gasteiger partial charge in [0.15, 0.2) is 5.58 Å². The Bertz CT molecular complexity index is 1360. The first kappa shape index (κ1) is 23.5. The maximum atomic E-state index is 15.1. The number of fused-ring (bicyclic) bond motifs is 1. The summed E-state index contributed by atoms with van der Waals surface area (Å²) in [6, 6.07) is 17.7. The summed E-state index contributed by atoms with van der Waals surface area (Å²) >= 11 is 0. The summed E-state index contributed by atoms with van der Waals surface area (Å²) in [6.45, 7) is 4.18. The van der Waals surface area contributed by atoms with E-state index >= 15 is 4.39 Å². The predicted octanol–water partition coefficient (Wildman–Crippen LogP) is 5.60. The van der Waals surface area contributed by atoms with Gasteiger partial charge in [0.1, 0.15) is 11.6 Å². The van der Waals surface area contributed by atoms with Gasteiger partial charge in [-0.25, -0.2) is 13.6 Å². The number of H-pyrrole nitrogens is 1. The van der Waals surface area contributed by atoms with E-state index in [1.165, 1.54) is 18.2 Å². The zero-order chi connectivity index (χ0) is 24.4. The van der Waals surface area contributed by atoms with E-state index in [1.54, 1.807) is 30.3 Å². The number of nitrogens with one attached hydrogen (secondary N) is 2. The number of rotatable bonds is 8. The molecule has 7 heteroatoms. The van der Waals surface area contributed by atoms with Crippen molar-refractivity contribution in [2.24, 2.45) is 0 Å². The lowest BCUT2D eigenvalue weighted by Crippen LogP contribution is -2.46. The highest BCUT2D eigenvalue weighted by Gasteiger charge is 2.29. The summed E-state index contributed by atoms with van der Waals surface area (Å²) in [5.74, 6) is -1.03. The molecule has 1 fully saturated rings. The van der Waals surface area contributed by atoms with Gasteiger partial charge >= 0.3 is 5.76 Å². The first-order valence-electron chi connectivity index (χ1n) is 12.1. The van der Waals surface area contributed by atoms with Crippen molar-refractivity contribution in [1.29, 1.82) is 0 Å². The van der Waals surface area contributed by atoms with Crippen LogP contribution in [0.15, 0.2) is 69.9 Å². The second-order valence-electron chi connectivity index (χ2n) is 9.24. The topological polar surface area (TPSA) is 61.3 Å². The van der Waals surface area contributed by atoms with Crippen molar-refractivity contribution >= 4 is 11.1 Å². The molecular formula is C28H29F2N3O2. The number of halogens is 2. The van der Waals surface area contributed by atoms with Crippen LogP contribution < -0.4 is 11.1 Å². The van der Waals surface area contributed by atoms with Gasteiger partial charge in [0, 0.05) is 30.7 Å². The zero-order valence-corrected chi connectivity index (χ0v) is 19.7. The fourth-order valence-electron chi connectivity index (χ4n) is 5.17. The Morgan fingerprint density at radius 2 is 1.80 bits per heavy atom. The number of benzene rings is 3. The smallest absolute Gasteiger partial charge is 0.408 e. The molecule has 0 amide bonds. The van der Waals surface area contributed by atoms with E-state index in [4.69, 9.17) is 4.42 Å². The van der Waals surface area contributed by atoms with E-state index in [2.05, 4.69) is 22.1 Å². The summed E-state index contributed by atoms with van der Waals surface area (Å²) in [6.07, 6.45) is 3.14. The van der Waals surface area contributed by atoms with Gasteiger partial charge in [-0.1, -0.05) is 31.2 Å². The monoisotopic (exact) mass is 477 g/mol. The minimum Gasteiger partial charge on any atom is -0.408 e. The molecule has 2 atom stereocenters. The standard InChI is InChI=1S/C28H29F2N3O2/c1-2-26(24-4-3-13-31-24)33(16-18-5-9-22(29)10-6-18)17-21-14-19(7-11-23(21)30)20-8-12-25-27(15-20)35-28(34)32-25/h5-12,14-15,24,26,31H,2-4,13,16-17H2,1H3,(H,32,34). The third-order valence-corrected chi connectivity index (χ3v) is 6.92. The molecule has 5 rings (SSSR count). The summed E-state index contributed by atoms with van der Waals surface area (Å²) in [5.41, 5.74) is 4.37. The summed E-state index contributed by atoms with van der Waals surface area (Å²) < 4.78 is 33.8.